The molecule has 0 aliphatic carbocycles. The molecule has 1 unspecified atom stereocenters. The quantitative estimate of drug-likeness (QED) is 0.853. The van der Waals surface area contributed by atoms with Crippen LogP contribution in [0.4, 0.5) is 5.82 Å². The van der Waals surface area contributed by atoms with Crippen molar-refractivity contribution >= 4 is 31.8 Å². The van der Waals surface area contributed by atoms with Gasteiger partial charge < -0.3 is 10.6 Å². The van der Waals surface area contributed by atoms with E-state index >= 15 is 0 Å². The van der Waals surface area contributed by atoms with E-state index in [4.69, 9.17) is 5.73 Å². The van der Waals surface area contributed by atoms with Crippen LogP contribution in [0.15, 0.2) is 21.6 Å². The fourth-order valence-electron chi connectivity index (χ4n) is 2.47. The van der Waals surface area contributed by atoms with Crippen LogP contribution in [0.5, 0.6) is 0 Å². The van der Waals surface area contributed by atoms with E-state index in [1.54, 1.807) is 0 Å². The van der Waals surface area contributed by atoms with Crippen LogP contribution in [0.2, 0.25) is 0 Å². The molecular formula is C12H19BrN4O2S. The molecule has 0 spiro atoms. The van der Waals surface area contributed by atoms with Gasteiger partial charge in [0.05, 0.1) is 0 Å². The fourth-order valence-corrected chi connectivity index (χ4v) is 4.71. The monoisotopic (exact) mass is 362 g/mol. The molecule has 2 rings (SSSR count). The summed E-state index contributed by atoms with van der Waals surface area (Å²) in [6.45, 7) is 4.02. The third-order valence-electron chi connectivity index (χ3n) is 3.42. The van der Waals surface area contributed by atoms with Crippen molar-refractivity contribution in [3.63, 3.8) is 0 Å². The predicted molar refractivity (Wildman–Crippen MR) is 81.8 cm³/mol. The van der Waals surface area contributed by atoms with Crippen molar-refractivity contribution in [2.75, 3.05) is 32.4 Å². The molecule has 0 radical (unpaired) electrons. The standard InChI is InChI=1S/C12H19BrN4O2S/c1-9-8-16(2)4-3-5-17(9)20(18,19)11-6-10(13)7-15-12(11)14/h6-7,9H,3-5,8H2,1-2H3,(H2,14,15). The first-order chi connectivity index (χ1) is 9.32. The van der Waals surface area contributed by atoms with Crippen molar-refractivity contribution in [2.45, 2.75) is 24.3 Å². The number of hydrogen-bond donors (Lipinski definition) is 1. The molecule has 0 bridgehead atoms. The van der Waals surface area contributed by atoms with E-state index in [1.807, 2.05) is 14.0 Å². The van der Waals surface area contributed by atoms with Crippen LogP contribution in [0.1, 0.15) is 13.3 Å². The molecule has 2 N–H and O–H groups in total. The Morgan fingerprint density at radius 3 is 2.85 bits per heavy atom. The van der Waals surface area contributed by atoms with Crippen LogP contribution in [0.25, 0.3) is 0 Å². The highest BCUT2D eigenvalue weighted by Gasteiger charge is 2.33. The summed E-state index contributed by atoms with van der Waals surface area (Å²) in [5, 5.41) is 0. The van der Waals surface area contributed by atoms with Crippen LogP contribution < -0.4 is 5.73 Å². The van der Waals surface area contributed by atoms with E-state index in [0.717, 1.165) is 13.0 Å². The predicted octanol–water partition coefficient (Wildman–Crippen LogP) is 1.14. The summed E-state index contributed by atoms with van der Waals surface area (Å²) >= 11 is 3.24. The van der Waals surface area contributed by atoms with E-state index in [2.05, 4.69) is 25.8 Å². The number of sulfonamides is 1. The lowest BCUT2D eigenvalue weighted by atomic mass is 10.3. The molecule has 0 amide bonds. The number of anilines is 1. The summed E-state index contributed by atoms with van der Waals surface area (Å²) in [7, 11) is -1.62. The minimum atomic E-state index is -3.62. The highest BCUT2D eigenvalue weighted by molar-refractivity contribution is 9.10. The van der Waals surface area contributed by atoms with Crippen LogP contribution in [0, 0.1) is 0 Å². The molecule has 1 atom stereocenters. The molecule has 1 fully saturated rings. The molecule has 1 aliphatic rings. The molecule has 1 aliphatic heterocycles. The van der Waals surface area contributed by atoms with Gasteiger partial charge in [0.2, 0.25) is 10.0 Å². The normalized spacial score (nSPS) is 22.6. The number of rotatable bonds is 2. The average Bonchev–Trinajstić information content (AvgIpc) is 2.53. The van der Waals surface area contributed by atoms with E-state index in [9.17, 15) is 8.42 Å². The van der Waals surface area contributed by atoms with Crippen molar-refractivity contribution in [2.24, 2.45) is 0 Å². The number of nitrogens with two attached hydrogens (primary N) is 1. The summed E-state index contributed by atoms with van der Waals surface area (Å²) < 4.78 is 27.7. The second kappa shape index (κ2) is 5.97. The summed E-state index contributed by atoms with van der Waals surface area (Å²) in [6.07, 6.45) is 2.30. The maximum atomic E-state index is 12.8. The zero-order valence-electron chi connectivity index (χ0n) is 11.6. The van der Waals surface area contributed by atoms with Crippen LogP contribution >= 0.6 is 15.9 Å². The van der Waals surface area contributed by atoms with E-state index in [1.165, 1.54) is 16.6 Å². The van der Waals surface area contributed by atoms with Crippen molar-refractivity contribution < 1.29 is 8.42 Å². The van der Waals surface area contributed by atoms with Crippen LogP contribution in [-0.4, -0.2) is 55.3 Å². The van der Waals surface area contributed by atoms with Gasteiger partial charge in [0.15, 0.2) is 0 Å². The lowest BCUT2D eigenvalue weighted by Crippen LogP contribution is -2.42. The highest BCUT2D eigenvalue weighted by atomic mass is 79.9. The van der Waals surface area contributed by atoms with Crippen molar-refractivity contribution in [3.8, 4) is 0 Å². The van der Waals surface area contributed by atoms with Crippen molar-refractivity contribution in [3.05, 3.63) is 16.7 Å². The number of halogens is 1. The van der Waals surface area contributed by atoms with Gasteiger partial charge in [-0.3, -0.25) is 0 Å². The maximum Gasteiger partial charge on any atom is 0.247 e. The molecule has 8 heteroatoms. The molecule has 112 valence electrons. The van der Waals surface area contributed by atoms with Crippen molar-refractivity contribution in [1.82, 2.24) is 14.2 Å². The maximum absolute atomic E-state index is 12.8. The number of pyridine rings is 1. The molecule has 0 aromatic carbocycles. The Labute approximate surface area is 128 Å². The summed E-state index contributed by atoms with van der Waals surface area (Å²) in [6, 6.07) is 1.42. The van der Waals surface area contributed by atoms with Crippen LogP contribution in [0.3, 0.4) is 0 Å². The second-order valence-corrected chi connectivity index (χ2v) is 7.89. The van der Waals surface area contributed by atoms with Gasteiger partial charge in [0.1, 0.15) is 10.7 Å². The first-order valence-electron chi connectivity index (χ1n) is 6.44. The molecule has 0 saturated carbocycles. The lowest BCUT2D eigenvalue weighted by Gasteiger charge is -2.27. The minimum Gasteiger partial charge on any atom is -0.383 e. The molecular weight excluding hydrogens is 344 g/mol. The Morgan fingerprint density at radius 1 is 1.45 bits per heavy atom. The topological polar surface area (TPSA) is 79.5 Å². The van der Waals surface area contributed by atoms with Gasteiger partial charge in [-0.2, -0.15) is 4.31 Å². The number of likely N-dealkylation sites (N-methyl/N-ethyl adjacent to an activating group) is 1. The Balaban J connectivity index is 2.41. The van der Waals surface area contributed by atoms with Crippen molar-refractivity contribution in [1.29, 1.82) is 0 Å². The number of hydrogen-bond acceptors (Lipinski definition) is 5. The third-order valence-corrected chi connectivity index (χ3v) is 5.90. The first kappa shape index (κ1) is 15.7. The number of aromatic nitrogens is 1. The first-order valence-corrected chi connectivity index (χ1v) is 8.67. The summed E-state index contributed by atoms with van der Waals surface area (Å²) in [4.78, 5) is 6.13. The average molecular weight is 363 g/mol. The Kier molecular flexibility index (Phi) is 4.68. The van der Waals surface area contributed by atoms with Gasteiger partial charge >= 0.3 is 0 Å². The molecule has 20 heavy (non-hydrogen) atoms. The van der Waals surface area contributed by atoms with Gasteiger partial charge in [0, 0.05) is 29.8 Å². The van der Waals surface area contributed by atoms with E-state index < -0.39 is 10.0 Å². The highest BCUT2D eigenvalue weighted by Crippen LogP contribution is 2.26. The smallest absolute Gasteiger partial charge is 0.247 e. The molecule has 2 heterocycles. The van der Waals surface area contributed by atoms with Gasteiger partial charge in [-0.15, -0.1) is 0 Å². The zero-order chi connectivity index (χ0) is 14.9. The zero-order valence-corrected chi connectivity index (χ0v) is 14.0. The minimum absolute atomic E-state index is 0.0398. The number of nitrogens with zero attached hydrogens (tertiary/aromatic N) is 3. The second-order valence-electron chi connectivity index (χ2n) is 5.12. The van der Waals surface area contributed by atoms with Gasteiger partial charge in [-0.05, 0) is 48.9 Å². The van der Waals surface area contributed by atoms with E-state index in [-0.39, 0.29) is 16.8 Å². The van der Waals surface area contributed by atoms with Gasteiger partial charge in [0.25, 0.3) is 0 Å². The third kappa shape index (κ3) is 3.13. The summed E-state index contributed by atoms with van der Waals surface area (Å²) in [5.74, 6) is 0.0398. The van der Waals surface area contributed by atoms with Gasteiger partial charge in [-0.1, -0.05) is 0 Å². The van der Waals surface area contributed by atoms with Crippen LogP contribution in [-0.2, 0) is 10.0 Å². The molecule has 1 saturated heterocycles. The number of nitrogen functional groups attached to an aromatic ring is 1. The molecule has 1 aromatic rings. The SMILES string of the molecule is CC1CN(C)CCCN1S(=O)(=O)c1cc(Br)cnc1N. The van der Waals surface area contributed by atoms with E-state index in [0.29, 0.717) is 17.6 Å². The Morgan fingerprint density at radius 2 is 2.15 bits per heavy atom. The fraction of sp³-hybridized carbons (Fsp3) is 0.583. The molecule has 1 aromatic heterocycles. The molecule has 6 nitrogen and oxygen atoms in total. The Hall–Kier alpha value is -0.700. The summed E-state index contributed by atoms with van der Waals surface area (Å²) in [5.41, 5.74) is 5.75. The largest absolute Gasteiger partial charge is 0.383 e. The Bertz CT molecular complexity index is 593. The van der Waals surface area contributed by atoms with Gasteiger partial charge in [-0.25, -0.2) is 13.4 Å². The lowest BCUT2D eigenvalue weighted by molar-refractivity contribution is 0.290.